The van der Waals surface area contributed by atoms with Crippen molar-refractivity contribution in [3.05, 3.63) is 29.3 Å². The summed E-state index contributed by atoms with van der Waals surface area (Å²) >= 11 is 0. The van der Waals surface area contributed by atoms with Crippen molar-refractivity contribution in [2.24, 2.45) is 5.41 Å². The standard InChI is InChI=1S/C17H25NO6/c1-10-5-6-11(9-12(10)18)13(23-17(20,21)22)16(7-8-16)14(19)24-15(2,3)4/h5-6,9,13,20-22H,7-8,18H2,1-4H3. The summed E-state index contributed by atoms with van der Waals surface area (Å²) in [4.78, 5) is 12.6. The molecular formula is C17H25NO6. The second-order valence-electron chi connectivity index (χ2n) is 7.35. The van der Waals surface area contributed by atoms with E-state index >= 15 is 0 Å². The average Bonchev–Trinajstić information content (AvgIpc) is 3.18. The molecular weight excluding hydrogens is 314 g/mol. The number of nitrogen functional groups attached to an aromatic ring is 1. The zero-order valence-electron chi connectivity index (χ0n) is 14.4. The number of anilines is 1. The van der Waals surface area contributed by atoms with Gasteiger partial charge in [0.25, 0.3) is 0 Å². The third-order valence-corrected chi connectivity index (χ3v) is 3.98. The first-order chi connectivity index (χ1) is 10.8. The Labute approximate surface area is 141 Å². The van der Waals surface area contributed by atoms with Gasteiger partial charge in [0.1, 0.15) is 11.7 Å². The van der Waals surface area contributed by atoms with Crippen LogP contribution in [-0.2, 0) is 14.3 Å². The molecule has 0 radical (unpaired) electrons. The van der Waals surface area contributed by atoms with Gasteiger partial charge < -0.3 is 25.8 Å². The number of aliphatic hydroxyl groups is 3. The molecule has 1 aromatic carbocycles. The van der Waals surface area contributed by atoms with E-state index < -0.39 is 29.2 Å². The van der Waals surface area contributed by atoms with E-state index in [1.165, 1.54) is 0 Å². The molecule has 0 aromatic heterocycles. The zero-order chi connectivity index (χ0) is 18.3. The van der Waals surface area contributed by atoms with Gasteiger partial charge in [-0.05, 0) is 57.7 Å². The molecule has 1 aliphatic rings. The smallest absolute Gasteiger partial charge is 0.405 e. The van der Waals surface area contributed by atoms with Crippen LogP contribution < -0.4 is 5.73 Å². The van der Waals surface area contributed by atoms with E-state index in [4.69, 9.17) is 15.2 Å². The van der Waals surface area contributed by atoms with Crippen molar-refractivity contribution in [1.29, 1.82) is 0 Å². The largest absolute Gasteiger partial charge is 0.459 e. The predicted molar refractivity (Wildman–Crippen MR) is 86.3 cm³/mol. The molecule has 1 aliphatic carbocycles. The van der Waals surface area contributed by atoms with Gasteiger partial charge >= 0.3 is 12.1 Å². The highest BCUT2D eigenvalue weighted by Gasteiger charge is 2.60. The van der Waals surface area contributed by atoms with E-state index in [2.05, 4.69) is 0 Å². The highest BCUT2D eigenvalue weighted by molar-refractivity contribution is 5.81. The van der Waals surface area contributed by atoms with Crippen molar-refractivity contribution in [2.75, 3.05) is 5.73 Å². The molecule has 1 atom stereocenters. The first-order valence-electron chi connectivity index (χ1n) is 7.78. The minimum atomic E-state index is -3.37. The second-order valence-corrected chi connectivity index (χ2v) is 7.35. The summed E-state index contributed by atoms with van der Waals surface area (Å²) in [6, 6.07) is 5.00. The quantitative estimate of drug-likeness (QED) is 0.363. The number of ether oxygens (including phenoxy) is 2. The topological polar surface area (TPSA) is 122 Å². The number of carbonyl (C=O) groups excluding carboxylic acids is 1. The lowest BCUT2D eigenvalue weighted by atomic mass is 9.91. The van der Waals surface area contributed by atoms with Crippen LogP contribution in [-0.4, -0.2) is 33.0 Å². The van der Waals surface area contributed by atoms with E-state index in [1.807, 2.05) is 6.92 Å². The highest BCUT2D eigenvalue weighted by Crippen LogP contribution is 2.58. The first-order valence-corrected chi connectivity index (χ1v) is 7.78. The fraction of sp³-hybridized carbons (Fsp3) is 0.588. The van der Waals surface area contributed by atoms with Crippen LogP contribution >= 0.6 is 0 Å². The Morgan fingerprint density at radius 3 is 2.25 bits per heavy atom. The number of carbonyl (C=O) groups is 1. The lowest BCUT2D eigenvalue weighted by Gasteiger charge is -2.31. The van der Waals surface area contributed by atoms with E-state index in [0.717, 1.165) is 5.56 Å². The summed E-state index contributed by atoms with van der Waals surface area (Å²) in [5.74, 6) is -0.511. The molecule has 1 saturated carbocycles. The maximum absolute atomic E-state index is 12.6. The number of aryl methyl sites for hydroxylation is 1. The van der Waals surface area contributed by atoms with Crippen molar-refractivity contribution >= 4 is 11.7 Å². The SMILES string of the molecule is Cc1ccc(C(OC(O)(O)O)C2(C(=O)OC(C)(C)C)CC2)cc1N. The summed E-state index contributed by atoms with van der Waals surface area (Å²) in [5.41, 5.74) is 5.89. The predicted octanol–water partition coefficient (Wildman–Crippen LogP) is 1.35. The van der Waals surface area contributed by atoms with Gasteiger partial charge in [0.2, 0.25) is 0 Å². The maximum Gasteiger partial charge on any atom is 0.405 e. The molecule has 0 saturated heterocycles. The molecule has 0 heterocycles. The van der Waals surface area contributed by atoms with Gasteiger partial charge in [-0.2, -0.15) is 0 Å². The lowest BCUT2D eigenvalue weighted by Crippen LogP contribution is -2.40. The summed E-state index contributed by atoms with van der Waals surface area (Å²) in [7, 11) is 0. The van der Waals surface area contributed by atoms with Crippen molar-refractivity contribution in [3.8, 4) is 0 Å². The number of rotatable bonds is 5. The molecule has 0 aliphatic heterocycles. The Bertz CT molecular complexity index is 625. The van der Waals surface area contributed by atoms with Crippen LogP contribution in [0.25, 0.3) is 0 Å². The van der Waals surface area contributed by atoms with Crippen LogP contribution in [0.1, 0.15) is 50.8 Å². The van der Waals surface area contributed by atoms with E-state index in [9.17, 15) is 20.1 Å². The van der Waals surface area contributed by atoms with Gasteiger partial charge in [-0.3, -0.25) is 9.53 Å². The van der Waals surface area contributed by atoms with E-state index in [1.54, 1.807) is 39.0 Å². The number of benzene rings is 1. The van der Waals surface area contributed by atoms with Crippen LogP contribution in [0.5, 0.6) is 0 Å². The summed E-state index contributed by atoms with van der Waals surface area (Å²) in [6.45, 7) is 7.06. The molecule has 7 heteroatoms. The van der Waals surface area contributed by atoms with Gasteiger partial charge in [-0.25, -0.2) is 0 Å². The van der Waals surface area contributed by atoms with E-state index in [-0.39, 0.29) is 0 Å². The molecule has 0 spiro atoms. The lowest BCUT2D eigenvalue weighted by molar-refractivity contribution is -0.471. The number of hydrogen-bond donors (Lipinski definition) is 4. The van der Waals surface area contributed by atoms with Crippen LogP contribution in [0.2, 0.25) is 0 Å². The fourth-order valence-electron chi connectivity index (χ4n) is 2.57. The first kappa shape index (κ1) is 18.7. The Kier molecular flexibility index (Phi) is 4.67. The molecule has 7 nitrogen and oxygen atoms in total. The fourth-order valence-corrected chi connectivity index (χ4v) is 2.57. The molecule has 1 unspecified atom stereocenters. The van der Waals surface area contributed by atoms with Crippen molar-refractivity contribution < 1.29 is 29.6 Å². The Morgan fingerprint density at radius 1 is 1.25 bits per heavy atom. The minimum Gasteiger partial charge on any atom is -0.459 e. The van der Waals surface area contributed by atoms with Gasteiger partial charge in [-0.1, -0.05) is 12.1 Å². The summed E-state index contributed by atoms with van der Waals surface area (Å²) in [6.07, 6.45) is -3.59. The minimum absolute atomic E-state index is 0.441. The summed E-state index contributed by atoms with van der Waals surface area (Å²) < 4.78 is 10.4. The third kappa shape index (κ3) is 4.24. The number of esters is 1. The van der Waals surface area contributed by atoms with Gasteiger partial charge in [0.15, 0.2) is 0 Å². The Hall–Kier alpha value is -1.67. The van der Waals surface area contributed by atoms with Gasteiger partial charge in [0.05, 0.1) is 5.41 Å². The number of hydrogen-bond acceptors (Lipinski definition) is 7. The molecule has 5 N–H and O–H groups in total. The van der Waals surface area contributed by atoms with E-state index in [0.29, 0.717) is 24.1 Å². The molecule has 134 valence electrons. The van der Waals surface area contributed by atoms with Crippen LogP contribution in [0.4, 0.5) is 5.69 Å². The Morgan fingerprint density at radius 2 is 1.83 bits per heavy atom. The molecule has 2 rings (SSSR count). The molecule has 0 amide bonds. The normalized spacial score (nSPS) is 18.1. The average molecular weight is 339 g/mol. The monoisotopic (exact) mass is 339 g/mol. The second kappa shape index (κ2) is 6.00. The van der Waals surface area contributed by atoms with Crippen LogP contribution in [0.3, 0.4) is 0 Å². The van der Waals surface area contributed by atoms with Gasteiger partial charge in [-0.15, -0.1) is 0 Å². The zero-order valence-corrected chi connectivity index (χ0v) is 14.4. The van der Waals surface area contributed by atoms with Crippen molar-refractivity contribution in [3.63, 3.8) is 0 Å². The Balaban J connectivity index is 2.39. The van der Waals surface area contributed by atoms with Crippen molar-refractivity contribution in [1.82, 2.24) is 0 Å². The van der Waals surface area contributed by atoms with Crippen LogP contribution in [0, 0.1) is 12.3 Å². The summed E-state index contributed by atoms with van der Waals surface area (Å²) in [5, 5.41) is 27.9. The third-order valence-electron chi connectivity index (χ3n) is 3.98. The molecule has 1 fully saturated rings. The molecule has 24 heavy (non-hydrogen) atoms. The number of nitrogens with two attached hydrogens (primary N) is 1. The molecule has 0 bridgehead atoms. The maximum atomic E-state index is 12.6. The highest BCUT2D eigenvalue weighted by atomic mass is 16.9. The van der Waals surface area contributed by atoms with Crippen molar-refractivity contribution in [2.45, 2.75) is 58.4 Å². The van der Waals surface area contributed by atoms with Crippen LogP contribution in [0.15, 0.2) is 18.2 Å². The van der Waals surface area contributed by atoms with Gasteiger partial charge in [0, 0.05) is 5.69 Å². The molecule has 1 aromatic rings.